The van der Waals surface area contributed by atoms with Gasteiger partial charge in [-0.3, -0.25) is 4.79 Å². The number of rotatable bonds is 2. The molecule has 4 nitrogen and oxygen atoms in total. The van der Waals surface area contributed by atoms with E-state index in [0.29, 0.717) is 12.4 Å². The minimum atomic E-state index is -0.0359. The van der Waals surface area contributed by atoms with E-state index < -0.39 is 0 Å². The molecule has 0 unspecified atom stereocenters. The third-order valence-corrected chi connectivity index (χ3v) is 2.58. The number of fused-ring (bicyclic) bond motifs is 1. The normalized spacial score (nSPS) is 10.1. The molecule has 0 spiro atoms. The highest BCUT2D eigenvalue weighted by Gasteiger charge is 2.10. The fourth-order valence-electron chi connectivity index (χ4n) is 1.78. The predicted molar refractivity (Wildman–Crippen MR) is 73.3 cm³/mol. The van der Waals surface area contributed by atoms with Crippen molar-refractivity contribution < 1.29 is 0 Å². The zero-order valence-corrected chi connectivity index (χ0v) is 11.0. The van der Waals surface area contributed by atoms with Crippen LogP contribution in [0.1, 0.15) is 6.92 Å². The van der Waals surface area contributed by atoms with Gasteiger partial charge >= 0.3 is 0 Å². The third kappa shape index (κ3) is 2.26. The van der Waals surface area contributed by atoms with Crippen LogP contribution in [0.4, 0.5) is 5.82 Å². The highest BCUT2D eigenvalue weighted by atomic mass is 35.5. The van der Waals surface area contributed by atoms with Crippen molar-refractivity contribution in [3.63, 3.8) is 0 Å². The van der Waals surface area contributed by atoms with Crippen molar-refractivity contribution >= 4 is 29.3 Å². The number of benzene rings is 1. The van der Waals surface area contributed by atoms with E-state index in [0.717, 1.165) is 11.0 Å². The first-order chi connectivity index (χ1) is 7.65. The Labute approximate surface area is 106 Å². The smallest absolute Gasteiger partial charge is 0.293 e. The molecule has 1 heterocycles. The number of hydrogen-bond acceptors (Lipinski definition) is 3. The Morgan fingerprint density at radius 3 is 2.53 bits per heavy atom. The number of hydrogen-bond donors (Lipinski definition) is 0. The Morgan fingerprint density at radius 2 is 1.94 bits per heavy atom. The molecule has 2 rings (SSSR count). The van der Waals surface area contributed by atoms with Crippen LogP contribution in [0.2, 0.25) is 0 Å². The van der Waals surface area contributed by atoms with Crippen LogP contribution in [-0.2, 0) is 6.54 Å². The summed E-state index contributed by atoms with van der Waals surface area (Å²) in [4.78, 5) is 18.2. The molecule has 92 valence electrons. The molecule has 0 aliphatic rings. The second-order valence-electron chi connectivity index (χ2n) is 3.87. The van der Waals surface area contributed by atoms with E-state index in [2.05, 4.69) is 4.98 Å². The Morgan fingerprint density at radius 1 is 1.29 bits per heavy atom. The van der Waals surface area contributed by atoms with Crippen LogP contribution in [0.15, 0.2) is 29.1 Å². The van der Waals surface area contributed by atoms with Crippen molar-refractivity contribution in [2.24, 2.45) is 0 Å². The molecule has 0 aliphatic heterocycles. The first-order valence-corrected chi connectivity index (χ1v) is 5.32. The molecule has 1 aromatic carbocycles. The van der Waals surface area contributed by atoms with Crippen LogP contribution in [-0.4, -0.2) is 23.6 Å². The lowest BCUT2D eigenvalue weighted by Crippen LogP contribution is -2.28. The fraction of sp³-hybridized carbons (Fsp3) is 0.333. The Hall–Kier alpha value is -1.55. The minimum absolute atomic E-state index is 0. The lowest BCUT2D eigenvalue weighted by atomic mass is 10.3. The van der Waals surface area contributed by atoms with Crippen molar-refractivity contribution in [1.29, 1.82) is 0 Å². The molecule has 0 saturated carbocycles. The number of halogens is 1. The Kier molecular flexibility index (Phi) is 4.12. The van der Waals surface area contributed by atoms with E-state index in [9.17, 15) is 4.79 Å². The summed E-state index contributed by atoms with van der Waals surface area (Å²) in [6.45, 7) is 2.62. The summed E-state index contributed by atoms with van der Waals surface area (Å²) in [6, 6.07) is 7.70. The van der Waals surface area contributed by atoms with Gasteiger partial charge in [-0.05, 0) is 19.1 Å². The molecular formula is C12H16ClN3O. The summed E-state index contributed by atoms with van der Waals surface area (Å²) in [5, 5.41) is 0. The SMILES string of the molecule is CCn1c(=O)c(N(C)C)nc2ccccc21.Cl. The molecule has 0 fully saturated rings. The van der Waals surface area contributed by atoms with Gasteiger partial charge in [0.1, 0.15) is 0 Å². The number of para-hydroxylation sites is 2. The van der Waals surface area contributed by atoms with Crippen LogP contribution < -0.4 is 10.5 Å². The molecular weight excluding hydrogens is 238 g/mol. The van der Waals surface area contributed by atoms with E-state index in [-0.39, 0.29) is 18.0 Å². The largest absolute Gasteiger partial charge is 0.358 e. The van der Waals surface area contributed by atoms with Gasteiger partial charge < -0.3 is 9.47 Å². The summed E-state index contributed by atoms with van der Waals surface area (Å²) in [6.07, 6.45) is 0. The highest BCUT2D eigenvalue weighted by Crippen LogP contribution is 2.12. The number of aryl methyl sites for hydroxylation is 1. The van der Waals surface area contributed by atoms with Crippen LogP contribution >= 0.6 is 12.4 Å². The Bertz CT molecular complexity index is 577. The lowest BCUT2D eigenvalue weighted by Gasteiger charge is -2.14. The summed E-state index contributed by atoms with van der Waals surface area (Å²) in [5.41, 5.74) is 1.71. The van der Waals surface area contributed by atoms with E-state index in [1.165, 1.54) is 0 Å². The molecule has 2 aromatic rings. The van der Waals surface area contributed by atoms with Gasteiger partial charge in [0.2, 0.25) is 0 Å². The van der Waals surface area contributed by atoms with E-state index in [1.54, 1.807) is 9.47 Å². The standard InChI is InChI=1S/C12H15N3O.ClH/c1-4-15-10-8-6-5-7-9(10)13-11(12(15)16)14(2)3;/h5-8H,4H2,1-3H3;1H. The minimum Gasteiger partial charge on any atom is -0.358 e. The van der Waals surface area contributed by atoms with Crippen LogP contribution in [0.3, 0.4) is 0 Å². The highest BCUT2D eigenvalue weighted by molar-refractivity contribution is 5.85. The predicted octanol–water partition coefficient (Wildman–Crippen LogP) is 1.90. The van der Waals surface area contributed by atoms with Gasteiger partial charge in [0.25, 0.3) is 5.56 Å². The number of anilines is 1. The summed E-state index contributed by atoms with van der Waals surface area (Å²) < 4.78 is 1.75. The van der Waals surface area contributed by atoms with E-state index >= 15 is 0 Å². The molecule has 0 N–H and O–H groups in total. The lowest BCUT2D eigenvalue weighted by molar-refractivity contribution is 0.749. The topological polar surface area (TPSA) is 38.1 Å². The molecule has 0 atom stereocenters. The molecule has 0 bridgehead atoms. The molecule has 0 radical (unpaired) electrons. The van der Waals surface area contributed by atoms with Gasteiger partial charge in [-0.15, -0.1) is 12.4 Å². The second kappa shape index (κ2) is 5.19. The van der Waals surface area contributed by atoms with Crippen molar-refractivity contribution in [2.45, 2.75) is 13.5 Å². The van der Waals surface area contributed by atoms with Gasteiger partial charge in [-0.25, -0.2) is 4.98 Å². The molecule has 5 heteroatoms. The molecule has 0 aliphatic carbocycles. The molecule has 0 amide bonds. The third-order valence-electron chi connectivity index (χ3n) is 2.58. The second-order valence-corrected chi connectivity index (χ2v) is 3.87. The number of aromatic nitrogens is 2. The fourth-order valence-corrected chi connectivity index (χ4v) is 1.78. The monoisotopic (exact) mass is 253 g/mol. The van der Waals surface area contributed by atoms with Gasteiger partial charge in [0, 0.05) is 20.6 Å². The van der Waals surface area contributed by atoms with Crippen LogP contribution in [0, 0.1) is 0 Å². The maximum atomic E-state index is 12.1. The van der Waals surface area contributed by atoms with Crippen molar-refractivity contribution in [3.05, 3.63) is 34.6 Å². The summed E-state index contributed by atoms with van der Waals surface area (Å²) in [7, 11) is 3.66. The number of nitrogens with zero attached hydrogens (tertiary/aromatic N) is 3. The summed E-state index contributed by atoms with van der Waals surface area (Å²) in [5.74, 6) is 0.487. The zero-order valence-electron chi connectivity index (χ0n) is 10.2. The van der Waals surface area contributed by atoms with Gasteiger partial charge in [0.15, 0.2) is 5.82 Å². The van der Waals surface area contributed by atoms with Crippen LogP contribution in [0.5, 0.6) is 0 Å². The quantitative estimate of drug-likeness (QED) is 0.821. The van der Waals surface area contributed by atoms with Crippen molar-refractivity contribution in [3.8, 4) is 0 Å². The Balaban J connectivity index is 0.00000144. The average Bonchev–Trinajstić information content (AvgIpc) is 2.28. The molecule has 0 saturated heterocycles. The van der Waals surface area contributed by atoms with Crippen molar-refractivity contribution in [2.75, 3.05) is 19.0 Å². The maximum Gasteiger partial charge on any atom is 0.293 e. The zero-order chi connectivity index (χ0) is 11.7. The average molecular weight is 254 g/mol. The van der Waals surface area contributed by atoms with Gasteiger partial charge in [-0.2, -0.15) is 0 Å². The van der Waals surface area contributed by atoms with Crippen LogP contribution in [0.25, 0.3) is 11.0 Å². The van der Waals surface area contributed by atoms with Gasteiger partial charge in [-0.1, -0.05) is 12.1 Å². The van der Waals surface area contributed by atoms with Crippen molar-refractivity contribution in [1.82, 2.24) is 9.55 Å². The van der Waals surface area contributed by atoms with E-state index in [1.807, 2.05) is 45.3 Å². The van der Waals surface area contributed by atoms with Gasteiger partial charge in [0.05, 0.1) is 11.0 Å². The first kappa shape index (κ1) is 13.5. The van der Waals surface area contributed by atoms with E-state index in [4.69, 9.17) is 0 Å². The summed E-state index contributed by atoms with van der Waals surface area (Å²) >= 11 is 0. The maximum absolute atomic E-state index is 12.1. The molecule has 17 heavy (non-hydrogen) atoms. The first-order valence-electron chi connectivity index (χ1n) is 5.32. The molecule has 1 aromatic heterocycles.